The fraction of sp³-hybridized carbons (Fsp3) is 0.111. The Hall–Kier alpha value is -1.31. The van der Waals surface area contributed by atoms with Gasteiger partial charge in [0.1, 0.15) is 0 Å². The van der Waals surface area contributed by atoms with Crippen LogP contribution >= 0.6 is 24.0 Å². The Kier molecular flexibility index (Phi) is 5.68. The molecule has 0 atom stereocenters. The molecule has 6 heteroatoms. The van der Waals surface area contributed by atoms with Crippen molar-refractivity contribution >= 4 is 41.6 Å². The topological polar surface area (TPSA) is 103 Å². The van der Waals surface area contributed by atoms with E-state index in [2.05, 4.69) is 9.98 Å². The van der Waals surface area contributed by atoms with Crippen molar-refractivity contribution in [3.8, 4) is 0 Å². The number of nitrogens with two attached hydrogens (primary N) is 3. The van der Waals surface area contributed by atoms with E-state index in [1.54, 1.807) is 0 Å². The van der Waals surface area contributed by atoms with Crippen molar-refractivity contribution in [1.29, 1.82) is 0 Å². The standard InChI is InChI=1S/C9H13N5.HI/c1-6-4-2-3-5-7(6)13-9(12)14-8(10)11;/h2-5H,1H3,(H6,10,11,12,13,14);1H. The van der Waals surface area contributed by atoms with Gasteiger partial charge in [-0.2, -0.15) is 4.99 Å². The minimum atomic E-state index is -0.0974. The molecule has 0 aromatic heterocycles. The first-order valence-corrected chi connectivity index (χ1v) is 4.09. The number of hydrogen-bond donors (Lipinski definition) is 3. The van der Waals surface area contributed by atoms with Crippen LogP contribution in [0.3, 0.4) is 0 Å². The minimum Gasteiger partial charge on any atom is -0.370 e. The van der Waals surface area contributed by atoms with Crippen LogP contribution in [0.25, 0.3) is 0 Å². The Morgan fingerprint density at radius 3 is 2.27 bits per heavy atom. The summed E-state index contributed by atoms with van der Waals surface area (Å²) in [5, 5.41) is 0. The number of aryl methyl sites for hydroxylation is 1. The maximum Gasteiger partial charge on any atom is 0.223 e. The van der Waals surface area contributed by atoms with E-state index in [1.807, 2.05) is 31.2 Å². The van der Waals surface area contributed by atoms with E-state index in [4.69, 9.17) is 17.2 Å². The molecule has 0 saturated heterocycles. The van der Waals surface area contributed by atoms with Crippen LogP contribution in [0.5, 0.6) is 0 Å². The second-order valence-electron chi connectivity index (χ2n) is 2.79. The Balaban J connectivity index is 0.00000196. The summed E-state index contributed by atoms with van der Waals surface area (Å²) >= 11 is 0. The summed E-state index contributed by atoms with van der Waals surface area (Å²) in [4.78, 5) is 7.66. The molecular formula is C9H14IN5. The van der Waals surface area contributed by atoms with Gasteiger partial charge in [0.2, 0.25) is 5.96 Å². The molecule has 6 N–H and O–H groups in total. The van der Waals surface area contributed by atoms with Crippen LogP contribution in [-0.4, -0.2) is 11.9 Å². The zero-order valence-electron chi connectivity index (χ0n) is 8.34. The molecule has 15 heavy (non-hydrogen) atoms. The smallest absolute Gasteiger partial charge is 0.223 e. The largest absolute Gasteiger partial charge is 0.370 e. The molecule has 0 spiro atoms. The average molecular weight is 319 g/mol. The predicted octanol–water partition coefficient (Wildman–Crippen LogP) is 0.833. The van der Waals surface area contributed by atoms with Crippen molar-refractivity contribution in [3.05, 3.63) is 29.8 Å². The van der Waals surface area contributed by atoms with E-state index < -0.39 is 0 Å². The summed E-state index contributed by atoms with van der Waals surface area (Å²) in [5.74, 6) is -0.0425. The van der Waals surface area contributed by atoms with Crippen LogP contribution in [0.15, 0.2) is 34.3 Å². The lowest BCUT2D eigenvalue weighted by Gasteiger charge is -1.99. The summed E-state index contributed by atoms with van der Waals surface area (Å²) in [5.41, 5.74) is 17.6. The number of nitrogens with zero attached hydrogens (tertiary/aromatic N) is 2. The first-order valence-electron chi connectivity index (χ1n) is 4.09. The highest BCUT2D eigenvalue weighted by Gasteiger charge is 1.95. The summed E-state index contributed by atoms with van der Waals surface area (Å²) in [7, 11) is 0. The zero-order chi connectivity index (χ0) is 10.6. The highest BCUT2D eigenvalue weighted by atomic mass is 127. The van der Waals surface area contributed by atoms with Crippen molar-refractivity contribution in [3.63, 3.8) is 0 Å². The van der Waals surface area contributed by atoms with Gasteiger partial charge < -0.3 is 17.2 Å². The Morgan fingerprint density at radius 2 is 1.73 bits per heavy atom. The first kappa shape index (κ1) is 13.7. The number of aliphatic imine (C=N–C) groups is 2. The molecule has 0 aliphatic rings. The monoisotopic (exact) mass is 319 g/mol. The fourth-order valence-corrected chi connectivity index (χ4v) is 0.970. The highest BCUT2D eigenvalue weighted by molar-refractivity contribution is 14.0. The molecule has 0 heterocycles. The SMILES string of the molecule is Cc1ccccc1N=C(N)N=C(N)N.I. The van der Waals surface area contributed by atoms with Gasteiger partial charge in [-0.1, -0.05) is 18.2 Å². The van der Waals surface area contributed by atoms with Gasteiger partial charge in [-0.3, -0.25) is 0 Å². The Morgan fingerprint density at radius 1 is 1.13 bits per heavy atom. The Labute approximate surface area is 105 Å². The Bertz CT molecular complexity index is 382. The molecule has 1 aromatic carbocycles. The van der Waals surface area contributed by atoms with Gasteiger partial charge >= 0.3 is 0 Å². The van der Waals surface area contributed by atoms with Crippen LogP contribution in [0.1, 0.15) is 5.56 Å². The van der Waals surface area contributed by atoms with E-state index in [0.29, 0.717) is 0 Å². The second kappa shape index (κ2) is 6.23. The molecule has 1 aromatic rings. The van der Waals surface area contributed by atoms with Crippen LogP contribution in [0.4, 0.5) is 5.69 Å². The second-order valence-corrected chi connectivity index (χ2v) is 2.79. The third kappa shape index (κ3) is 4.63. The van der Waals surface area contributed by atoms with Crippen molar-refractivity contribution < 1.29 is 0 Å². The summed E-state index contributed by atoms with van der Waals surface area (Å²) < 4.78 is 0. The van der Waals surface area contributed by atoms with E-state index in [9.17, 15) is 0 Å². The van der Waals surface area contributed by atoms with Crippen LogP contribution in [0, 0.1) is 6.92 Å². The van der Waals surface area contributed by atoms with E-state index in [1.165, 1.54) is 0 Å². The maximum atomic E-state index is 5.48. The highest BCUT2D eigenvalue weighted by Crippen LogP contribution is 2.16. The molecule has 0 bridgehead atoms. The average Bonchev–Trinajstić information content (AvgIpc) is 2.07. The third-order valence-electron chi connectivity index (χ3n) is 1.59. The lowest BCUT2D eigenvalue weighted by molar-refractivity contribution is 1.34. The van der Waals surface area contributed by atoms with E-state index in [0.717, 1.165) is 11.3 Å². The van der Waals surface area contributed by atoms with Gasteiger partial charge in [0.25, 0.3) is 0 Å². The summed E-state index contributed by atoms with van der Waals surface area (Å²) in [6.07, 6.45) is 0. The molecule has 82 valence electrons. The molecule has 0 saturated carbocycles. The molecular weight excluding hydrogens is 305 g/mol. The molecule has 5 nitrogen and oxygen atoms in total. The predicted molar refractivity (Wildman–Crippen MR) is 73.7 cm³/mol. The van der Waals surface area contributed by atoms with Crippen molar-refractivity contribution in [2.75, 3.05) is 0 Å². The van der Waals surface area contributed by atoms with Crippen molar-refractivity contribution in [2.24, 2.45) is 27.2 Å². The van der Waals surface area contributed by atoms with Gasteiger partial charge in [0, 0.05) is 0 Å². The van der Waals surface area contributed by atoms with Gasteiger partial charge in [0.15, 0.2) is 5.96 Å². The molecule has 0 aliphatic heterocycles. The van der Waals surface area contributed by atoms with Crippen LogP contribution in [-0.2, 0) is 0 Å². The van der Waals surface area contributed by atoms with Crippen molar-refractivity contribution in [2.45, 2.75) is 6.92 Å². The van der Waals surface area contributed by atoms with E-state index >= 15 is 0 Å². The summed E-state index contributed by atoms with van der Waals surface area (Å²) in [6.45, 7) is 1.93. The third-order valence-corrected chi connectivity index (χ3v) is 1.59. The zero-order valence-corrected chi connectivity index (χ0v) is 10.7. The lowest BCUT2D eigenvalue weighted by atomic mass is 10.2. The minimum absolute atomic E-state index is 0. The number of guanidine groups is 2. The molecule has 1 rings (SSSR count). The maximum absolute atomic E-state index is 5.48. The molecule has 0 amide bonds. The fourth-order valence-electron chi connectivity index (χ4n) is 0.970. The summed E-state index contributed by atoms with van der Waals surface area (Å²) in [6, 6.07) is 7.56. The molecule has 0 aliphatic carbocycles. The lowest BCUT2D eigenvalue weighted by Crippen LogP contribution is -2.26. The van der Waals surface area contributed by atoms with Gasteiger partial charge in [0.05, 0.1) is 5.69 Å². The van der Waals surface area contributed by atoms with Gasteiger partial charge in [-0.25, -0.2) is 4.99 Å². The number of para-hydroxylation sites is 1. The van der Waals surface area contributed by atoms with Crippen LogP contribution in [0.2, 0.25) is 0 Å². The molecule has 0 unspecified atom stereocenters. The number of halogens is 1. The van der Waals surface area contributed by atoms with Crippen LogP contribution < -0.4 is 17.2 Å². The first-order chi connectivity index (χ1) is 6.59. The number of hydrogen-bond acceptors (Lipinski definition) is 1. The molecule has 0 fully saturated rings. The van der Waals surface area contributed by atoms with Gasteiger partial charge in [-0.05, 0) is 18.6 Å². The quantitative estimate of drug-likeness (QED) is 0.406. The van der Waals surface area contributed by atoms with Crippen molar-refractivity contribution in [1.82, 2.24) is 0 Å². The number of benzene rings is 1. The van der Waals surface area contributed by atoms with E-state index in [-0.39, 0.29) is 35.9 Å². The van der Waals surface area contributed by atoms with Gasteiger partial charge in [-0.15, -0.1) is 24.0 Å². The normalized spacial score (nSPS) is 10.3. The molecule has 0 radical (unpaired) electrons. The number of rotatable bonds is 1.